The second-order valence-corrected chi connectivity index (χ2v) is 6.86. The highest BCUT2D eigenvalue weighted by atomic mass is 16.2. The van der Waals surface area contributed by atoms with Gasteiger partial charge in [0.15, 0.2) is 0 Å². The summed E-state index contributed by atoms with van der Waals surface area (Å²) >= 11 is 0. The maximum absolute atomic E-state index is 12.0. The number of aryl methyl sites for hydroxylation is 1. The molecule has 0 saturated heterocycles. The quantitative estimate of drug-likeness (QED) is 0.433. The number of carbonyl (C=O) groups excluding carboxylic acids is 1. The van der Waals surface area contributed by atoms with Gasteiger partial charge in [0.2, 0.25) is 5.91 Å². The third-order valence-electron chi connectivity index (χ3n) is 4.54. The van der Waals surface area contributed by atoms with Crippen LogP contribution in [0.4, 0.5) is 5.69 Å². The monoisotopic (exact) mass is 339 g/mol. The Morgan fingerprint density at radius 2 is 2.16 bits per heavy atom. The predicted octanol–water partition coefficient (Wildman–Crippen LogP) is 4.59. The van der Waals surface area contributed by atoms with Gasteiger partial charge in [0.1, 0.15) is 0 Å². The number of hydrazone groups is 1. The maximum atomic E-state index is 12.0. The van der Waals surface area contributed by atoms with Gasteiger partial charge in [-0.15, -0.1) is 0 Å². The molecule has 4 heteroatoms. The summed E-state index contributed by atoms with van der Waals surface area (Å²) in [5.74, 6) is 0.390. The highest BCUT2D eigenvalue weighted by molar-refractivity contribution is 6.01. The molecule has 1 aliphatic carbocycles. The van der Waals surface area contributed by atoms with Crippen LogP contribution in [-0.2, 0) is 4.79 Å². The van der Waals surface area contributed by atoms with Crippen LogP contribution < -0.4 is 10.7 Å². The summed E-state index contributed by atoms with van der Waals surface area (Å²) in [5, 5.41) is 7.67. The van der Waals surface area contributed by atoms with Crippen LogP contribution in [0.3, 0.4) is 0 Å². The molecule has 134 valence electrons. The Balaban J connectivity index is 1.73. The molecule has 4 nitrogen and oxygen atoms in total. The summed E-state index contributed by atoms with van der Waals surface area (Å²) in [6.45, 7) is 11.0. The minimum Gasteiger partial charge on any atom is -0.385 e. The molecule has 1 unspecified atom stereocenters. The van der Waals surface area contributed by atoms with Gasteiger partial charge in [0.05, 0.1) is 5.71 Å². The van der Waals surface area contributed by atoms with Crippen LogP contribution in [0.2, 0.25) is 0 Å². The van der Waals surface area contributed by atoms with Crippen molar-refractivity contribution in [3.05, 3.63) is 53.6 Å². The molecule has 0 heterocycles. The Morgan fingerprint density at radius 1 is 1.36 bits per heavy atom. The van der Waals surface area contributed by atoms with Crippen molar-refractivity contribution in [3.63, 3.8) is 0 Å². The molecule has 2 rings (SSSR count). The van der Waals surface area contributed by atoms with E-state index in [4.69, 9.17) is 0 Å². The van der Waals surface area contributed by atoms with Gasteiger partial charge < -0.3 is 5.32 Å². The molecule has 25 heavy (non-hydrogen) atoms. The molecule has 1 aromatic carbocycles. The minimum atomic E-state index is -0.0382. The van der Waals surface area contributed by atoms with E-state index in [1.807, 2.05) is 19.1 Å². The fourth-order valence-electron chi connectivity index (χ4n) is 2.85. The zero-order valence-corrected chi connectivity index (χ0v) is 15.6. The van der Waals surface area contributed by atoms with Gasteiger partial charge in [-0.05, 0) is 69.2 Å². The largest absolute Gasteiger partial charge is 0.385 e. The van der Waals surface area contributed by atoms with Crippen molar-refractivity contribution in [1.29, 1.82) is 0 Å². The lowest BCUT2D eigenvalue weighted by molar-refractivity contribution is -0.121. The average molecular weight is 339 g/mol. The Kier molecular flexibility index (Phi) is 6.99. The fourth-order valence-corrected chi connectivity index (χ4v) is 2.85. The summed E-state index contributed by atoms with van der Waals surface area (Å²) in [4.78, 5) is 12.0. The average Bonchev–Trinajstić information content (AvgIpc) is 2.58. The first kappa shape index (κ1) is 19.0. The second-order valence-electron chi connectivity index (χ2n) is 6.86. The summed E-state index contributed by atoms with van der Waals surface area (Å²) in [6.07, 6.45) is 5.28. The van der Waals surface area contributed by atoms with Gasteiger partial charge in [-0.1, -0.05) is 30.4 Å². The maximum Gasteiger partial charge on any atom is 0.240 e. The molecule has 0 spiro atoms. The first-order valence-corrected chi connectivity index (χ1v) is 8.94. The van der Waals surface area contributed by atoms with Crippen molar-refractivity contribution in [2.45, 2.75) is 46.5 Å². The highest BCUT2D eigenvalue weighted by Crippen LogP contribution is 2.26. The molecule has 0 saturated carbocycles. The number of allylic oxidation sites excluding steroid dienone is 3. The Bertz CT molecular complexity index is 688. The second kappa shape index (κ2) is 9.21. The summed E-state index contributed by atoms with van der Waals surface area (Å²) < 4.78 is 0. The zero-order valence-electron chi connectivity index (χ0n) is 15.6. The smallest absolute Gasteiger partial charge is 0.240 e. The number of rotatable bonds is 7. The van der Waals surface area contributed by atoms with Crippen LogP contribution in [0.25, 0.3) is 0 Å². The van der Waals surface area contributed by atoms with Gasteiger partial charge in [-0.3, -0.25) is 4.79 Å². The van der Waals surface area contributed by atoms with Crippen LogP contribution in [0.5, 0.6) is 0 Å². The van der Waals surface area contributed by atoms with E-state index >= 15 is 0 Å². The lowest BCUT2D eigenvalue weighted by Gasteiger charge is -2.22. The first-order chi connectivity index (χ1) is 12.0. The summed E-state index contributed by atoms with van der Waals surface area (Å²) in [7, 11) is 0. The number of hydrogen-bond donors (Lipinski definition) is 2. The molecule has 1 atom stereocenters. The minimum absolute atomic E-state index is 0.0382. The molecule has 2 N–H and O–H groups in total. The molecule has 0 aromatic heterocycles. The highest BCUT2D eigenvalue weighted by Gasteiger charge is 2.18. The molecule has 0 bridgehead atoms. The Morgan fingerprint density at radius 3 is 2.88 bits per heavy atom. The molecular weight excluding hydrogens is 310 g/mol. The fraction of sp³-hybridized carbons (Fsp3) is 0.429. The standard InChI is InChI=1S/C21H29N3O/c1-15(2)18-11-10-17(4)20(14-18)23-24-21(25)9-6-12-22-19-8-5-7-16(3)13-19/h5,7-8,10,13,18,22H,1,6,9,11-12,14H2,2-4H3,(H,24,25). The topological polar surface area (TPSA) is 53.5 Å². The lowest BCUT2D eigenvalue weighted by atomic mass is 9.85. The van der Waals surface area contributed by atoms with E-state index in [9.17, 15) is 4.79 Å². The third-order valence-corrected chi connectivity index (χ3v) is 4.54. The van der Waals surface area contributed by atoms with Crippen LogP contribution in [0, 0.1) is 12.8 Å². The van der Waals surface area contributed by atoms with Gasteiger partial charge >= 0.3 is 0 Å². The number of carbonyl (C=O) groups is 1. The molecule has 0 radical (unpaired) electrons. The van der Waals surface area contributed by atoms with Gasteiger partial charge in [0, 0.05) is 18.7 Å². The summed E-state index contributed by atoms with van der Waals surface area (Å²) in [6, 6.07) is 8.23. The molecule has 1 aromatic rings. The van der Waals surface area contributed by atoms with Crippen LogP contribution in [0.1, 0.15) is 45.1 Å². The van der Waals surface area contributed by atoms with Crippen molar-refractivity contribution in [3.8, 4) is 0 Å². The predicted molar refractivity (Wildman–Crippen MR) is 106 cm³/mol. The van der Waals surface area contributed by atoms with E-state index in [1.165, 1.54) is 11.1 Å². The van der Waals surface area contributed by atoms with E-state index in [-0.39, 0.29) is 5.91 Å². The van der Waals surface area contributed by atoms with Crippen molar-refractivity contribution in [2.75, 3.05) is 11.9 Å². The number of anilines is 1. The Hall–Kier alpha value is -2.36. The van der Waals surface area contributed by atoms with Crippen molar-refractivity contribution >= 4 is 17.3 Å². The first-order valence-electron chi connectivity index (χ1n) is 8.94. The number of nitrogens with zero attached hydrogens (tertiary/aromatic N) is 1. The van der Waals surface area contributed by atoms with Crippen molar-refractivity contribution in [2.24, 2.45) is 11.0 Å². The summed E-state index contributed by atoms with van der Waals surface area (Å²) in [5.41, 5.74) is 8.30. The van der Waals surface area contributed by atoms with Crippen LogP contribution in [-0.4, -0.2) is 18.2 Å². The van der Waals surface area contributed by atoms with Gasteiger partial charge in [0.25, 0.3) is 0 Å². The third kappa shape index (κ3) is 6.22. The molecular formula is C21H29N3O. The van der Waals surface area contributed by atoms with Gasteiger partial charge in [-0.25, -0.2) is 5.43 Å². The van der Waals surface area contributed by atoms with E-state index < -0.39 is 0 Å². The Labute approximate surface area is 151 Å². The van der Waals surface area contributed by atoms with Gasteiger partial charge in [-0.2, -0.15) is 5.10 Å². The number of amides is 1. The van der Waals surface area contributed by atoms with E-state index in [1.54, 1.807) is 0 Å². The van der Waals surface area contributed by atoms with Crippen molar-refractivity contribution < 1.29 is 4.79 Å². The molecule has 0 fully saturated rings. The molecule has 1 aliphatic rings. The zero-order chi connectivity index (χ0) is 18.2. The molecule has 1 amide bonds. The van der Waals surface area contributed by atoms with Crippen LogP contribution in [0.15, 0.2) is 53.2 Å². The van der Waals surface area contributed by atoms with E-state index in [0.29, 0.717) is 12.3 Å². The normalized spacial score (nSPS) is 18.6. The van der Waals surface area contributed by atoms with E-state index in [0.717, 1.165) is 42.8 Å². The van der Waals surface area contributed by atoms with Crippen LogP contribution >= 0.6 is 0 Å². The van der Waals surface area contributed by atoms with Crippen molar-refractivity contribution in [1.82, 2.24) is 5.43 Å². The number of benzene rings is 1. The number of hydrogen-bond acceptors (Lipinski definition) is 3. The van der Waals surface area contributed by atoms with E-state index in [2.05, 4.69) is 54.5 Å². The molecule has 0 aliphatic heterocycles. The number of nitrogens with one attached hydrogen (secondary N) is 2. The SMILES string of the molecule is C=C(C)C1CC=C(C)C(=NNC(=O)CCCNc2cccc(C)c2)C1. The lowest BCUT2D eigenvalue weighted by Crippen LogP contribution is -2.23.